The van der Waals surface area contributed by atoms with Gasteiger partial charge in [0, 0.05) is 12.1 Å². The lowest BCUT2D eigenvalue weighted by Gasteiger charge is -2.06. The molecule has 23 heavy (non-hydrogen) atoms. The van der Waals surface area contributed by atoms with E-state index < -0.39 is 0 Å². The van der Waals surface area contributed by atoms with Gasteiger partial charge in [0.1, 0.15) is 12.4 Å². The molecule has 0 saturated carbocycles. The van der Waals surface area contributed by atoms with Crippen molar-refractivity contribution in [1.29, 1.82) is 0 Å². The third-order valence-corrected chi connectivity index (χ3v) is 3.39. The minimum absolute atomic E-state index is 0.555. The molecular weight excluding hydrogens is 306 g/mol. The maximum Gasteiger partial charge on any atom is 0.223 e. The first-order chi connectivity index (χ1) is 11.2. The summed E-state index contributed by atoms with van der Waals surface area (Å²) in [5.74, 6) is 0.829. The number of hydrazone groups is 1. The molecule has 5 heteroatoms. The van der Waals surface area contributed by atoms with E-state index in [1.807, 2.05) is 37.4 Å². The van der Waals surface area contributed by atoms with Gasteiger partial charge in [-0.1, -0.05) is 35.9 Å². The van der Waals surface area contributed by atoms with Crippen molar-refractivity contribution in [2.45, 2.75) is 20.5 Å². The van der Waals surface area contributed by atoms with Crippen LogP contribution in [0.2, 0.25) is 0 Å². The second kappa shape index (κ2) is 8.90. The third-order valence-electron chi connectivity index (χ3n) is 3.15. The number of rotatable bonds is 6. The van der Waals surface area contributed by atoms with Gasteiger partial charge in [0.2, 0.25) is 5.11 Å². The molecule has 0 radical (unpaired) electrons. The molecule has 2 rings (SSSR count). The smallest absolute Gasteiger partial charge is 0.223 e. The third kappa shape index (κ3) is 6.08. The monoisotopic (exact) mass is 328 g/mol. The number of nitrogens with one attached hydrogen (secondary N) is 3. The van der Waals surface area contributed by atoms with E-state index in [2.05, 4.69) is 47.0 Å². The van der Waals surface area contributed by atoms with Crippen molar-refractivity contribution in [3.63, 3.8) is 0 Å². The molecule has 0 amide bonds. The topological polar surface area (TPSA) is 47.3 Å². The van der Waals surface area contributed by atoms with Gasteiger partial charge in [-0.25, -0.2) is 0 Å². The highest BCUT2D eigenvalue weighted by atomic mass is 32.1. The standard InChI is InChI=1S/C18H21N3OS/c1-3-19-18(23)21-20-12-16-5-4-6-17(11-16)22-13-15-9-7-14(2)8-10-15/h4-12H,3,13H2,1-2H3,(H2,19,21,23)/p+1. The summed E-state index contributed by atoms with van der Waals surface area (Å²) in [5, 5.41) is 6.52. The summed E-state index contributed by atoms with van der Waals surface area (Å²) in [6, 6.07) is 16.2. The summed E-state index contributed by atoms with van der Waals surface area (Å²) < 4.78 is 5.83. The Hall–Kier alpha value is -2.40. The van der Waals surface area contributed by atoms with E-state index in [0.29, 0.717) is 11.7 Å². The van der Waals surface area contributed by atoms with Gasteiger partial charge in [0.15, 0.2) is 6.21 Å². The molecule has 4 nitrogen and oxygen atoms in total. The second-order valence-corrected chi connectivity index (χ2v) is 5.53. The van der Waals surface area contributed by atoms with Gasteiger partial charge in [-0.2, -0.15) is 0 Å². The van der Waals surface area contributed by atoms with Gasteiger partial charge in [-0.3, -0.25) is 0 Å². The number of hydrogen-bond donors (Lipinski definition) is 3. The summed E-state index contributed by atoms with van der Waals surface area (Å²) in [6.45, 7) is 5.41. The van der Waals surface area contributed by atoms with Gasteiger partial charge in [0.25, 0.3) is 0 Å². The molecule has 0 bridgehead atoms. The zero-order valence-corrected chi connectivity index (χ0v) is 14.2. The summed E-state index contributed by atoms with van der Waals surface area (Å²) in [5.41, 5.74) is 6.29. The molecule has 0 aliphatic heterocycles. The van der Waals surface area contributed by atoms with Crippen LogP contribution in [0.25, 0.3) is 0 Å². The quantitative estimate of drug-likeness (QED) is 0.427. The molecule has 0 unspecified atom stereocenters. The Morgan fingerprint density at radius 3 is 2.74 bits per heavy atom. The first-order valence-electron chi connectivity index (χ1n) is 7.58. The Morgan fingerprint density at radius 1 is 1.22 bits per heavy atom. The largest absolute Gasteiger partial charge is 0.489 e. The van der Waals surface area contributed by atoms with Crippen LogP contribution in [-0.2, 0) is 6.61 Å². The van der Waals surface area contributed by atoms with Crippen LogP contribution in [0.3, 0.4) is 0 Å². The SMILES string of the molecule is CCNC(=S)N[NH+]=Cc1cccc(OCc2ccc(C)cc2)c1. The van der Waals surface area contributed by atoms with Crippen LogP contribution in [0, 0.1) is 6.92 Å². The molecule has 0 fully saturated rings. The van der Waals surface area contributed by atoms with E-state index in [1.165, 1.54) is 5.56 Å². The number of hydrogen-bond acceptors (Lipinski definition) is 2. The van der Waals surface area contributed by atoms with Crippen LogP contribution in [0.5, 0.6) is 5.75 Å². The summed E-state index contributed by atoms with van der Waals surface area (Å²) >= 11 is 5.07. The van der Waals surface area contributed by atoms with E-state index in [4.69, 9.17) is 17.0 Å². The molecule has 2 aromatic rings. The maximum absolute atomic E-state index is 5.83. The molecular formula is C18H22N3OS+. The van der Waals surface area contributed by atoms with Crippen LogP contribution >= 0.6 is 12.2 Å². The van der Waals surface area contributed by atoms with E-state index in [9.17, 15) is 0 Å². The first kappa shape index (κ1) is 17.0. The molecule has 0 aliphatic carbocycles. The van der Waals surface area contributed by atoms with Crippen molar-refractivity contribution >= 4 is 23.5 Å². The predicted octanol–water partition coefficient (Wildman–Crippen LogP) is 1.47. The Bertz CT molecular complexity index is 668. The van der Waals surface area contributed by atoms with Crippen molar-refractivity contribution in [1.82, 2.24) is 10.7 Å². The van der Waals surface area contributed by atoms with Crippen LogP contribution in [0.15, 0.2) is 48.5 Å². The van der Waals surface area contributed by atoms with Gasteiger partial charge < -0.3 is 10.1 Å². The van der Waals surface area contributed by atoms with Gasteiger partial charge in [0.05, 0.1) is 0 Å². The number of benzene rings is 2. The summed E-state index contributed by atoms with van der Waals surface area (Å²) in [4.78, 5) is 0. The van der Waals surface area contributed by atoms with E-state index in [-0.39, 0.29) is 0 Å². The lowest BCUT2D eigenvalue weighted by molar-refractivity contribution is -0.500. The van der Waals surface area contributed by atoms with Crippen LogP contribution in [-0.4, -0.2) is 17.9 Å². The van der Waals surface area contributed by atoms with Crippen LogP contribution < -0.4 is 20.6 Å². The number of hydrazine groups is 1. The van der Waals surface area contributed by atoms with Crippen LogP contribution in [0.4, 0.5) is 0 Å². The van der Waals surface area contributed by atoms with E-state index in [0.717, 1.165) is 23.4 Å². The second-order valence-electron chi connectivity index (χ2n) is 5.12. The Labute approximate surface area is 142 Å². The highest BCUT2D eigenvalue weighted by molar-refractivity contribution is 7.80. The van der Waals surface area contributed by atoms with Gasteiger partial charge in [-0.05, 0) is 49.8 Å². The van der Waals surface area contributed by atoms with E-state index >= 15 is 0 Å². The van der Waals surface area contributed by atoms with Crippen molar-refractivity contribution in [2.75, 3.05) is 6.54 Å². The highest BCUT2D eigenvalue weighted by Gasteiger charge is 1.99. The minimum Gasteiger partial charge on any atom is -0.489 e. The summed E-state index contributed by atoms with van der Waals surface area (Å²) in [6.07, 6.45) is 1.84. The fourth-order valence-electron chi connectivity index (χ4n) is 1.93. The zero-order valence-electron chi connectivity index (χ0n) is 13.4. The van der Waals surface area contributed by atoms with Gasteiger partial charge in [-0.15, -0.1) is 10.5 Å². The van der Waals surface area contributed by atoms with Crippen molar-refractivity contribution < 1.29 is 9.84 Å². The van der Waals surface area contributed by atoms with Crippen molar-refractivity contribution in [2.24, 2.45) is 0 Å². The fraction of sp³-hybridized carbons (Fsp3) is 0.222. The molecule has 0 saturated heterocycles. The van der Waals surface area contributed by atoms with E-state index in [1.54, 1.807) is 0 Å². The first-order valence-corrected chi connectivity index (χ1v) is 7.99. The number of thiocarbonyl (C=S) groups is 1. The number of ether oxygens (including phenoxy) is 1. The summed E-state index contributed by atoms with van der Waals surface area (Å²) in [7, 11) is 0. The number of aryl methyl sites for hydroxylation is 1. The average Bonchev–Trinajstić information content (AvgIpc) is 2.55. The Kier molecular flexibility index (Phi) is 6.56. The normalized spacial score (nSPS) is 10.5. The molecule has 2 aromatic carbocycles. The average molecular weight is 328 g/mol. The van der Waals surface area contributed by atoms with Crippen molar-refractivity contribution in [3.05, 3.63) is 65.2 Å². The predicted molar refractivity (Wildman–Crippen MR) is 97.5 cm³/mol. The lowest BCUT2D eigenvalue weighted by Crippen LogP contribution is -2.82. The van der Waals surface area contributed by atoms with Crippen molar-refractivity contribution in [3.8, 4) is 5.75 Å². The molecule has 0 aliphatic rings. The molecule has 0 aromatic heterocycles. The zero-order chi connectivity index (χ0) is 16.5. The fourth-order valence-corrected chi connectivity index (χ4v) is 2.14. The lowest BCUT2D eigenvalue weighted by atomic mass is 10.2. The molecule has 0 spiro atoms. The molecule has 3 N–H and O–H groups in total. The highest BCUT2D eigenvalue weighted by Crippen LogP contribution is 2.14. The van der Waals surface area contributed by atoms with Crippen LogP contribution in [0.1, 0.15) is 23.6 Å². The Morgan fingerprint density at radius 2 is 2.00 bits per heavy atom. The minimum atomic E-state index is 0.555. The maximum atomic E-state index is 5.83. The Balaban J connectivity index is 1.90. The molecule has 0 atom stereocenters. The van der Waals surface area contributed by atoms with Gasteiger partial charge >= 0.3 is 0 Å². The molecule has 0 heterocycles. The molecule has 120 valence electrons.